The minimum Gasteiger partial charge on any atom is -0.477 e. The van der Waals surface area contributed by atoms with E-state index in [1.54, 1.807) is 0 Å². The first kappa shape index (κ1) is 13.1. The Labute approximate surface area is 82.1 Å². The van der Waals surface area contributed by atoms with Crippen LogP contribution in [0.15, 0.2) is 5.16 Å². The normalized spacial score (nSPS) is 12.7. The predicted octanol–water partition coefficient (Wildman–Crippen LogP) is 1.37. The van der Waals surface area contributed by atoms with E-state index in [0.29, 0.717) is 11.8 Å². The third-order valence-corrected chi connectivity index (χ3v) is 1.96. The molecule has 0 rings (SSSR count). The van der Waals surface area contributed by atoms with Gasteiger partial charge in [0.1, 0.15) is 7.11 Å². The molecule has 0 bridgehead atoms. The molecule has 0 radical (unpaired) electrons. The summed E-state index contributed by atoms with van der Waals surface area (Å²) in [5.41, 5.74) is -0.443. The summed E-state index contributed by atoms with van der Waals surface area (Å²) < 4.78 is 35.0. The Hall–Kier alpha value is -0.920. The van der Waals surface area contributed by atoms with Crippen molar-refractivity contribution in [2.75, 3.05) is 18.6 Å². The van der Waals surface area contributed by atoms with Crippen LogP contribution >= 0.6 is 11.8 Å². The van der Waals surface area contributed by atoms with Gasteiger partial charge < -0.3 is 9.94 Å². The number of carboxylic acid groups (broad SMARTS) is 1. The van der Waals surface area contributed by atoms with Crippen molar-refractivity contribution >= 4 is 23.4 Å². The highest BCUT2D eigenvalue weighted by Gasteiger charge is 2.27. The lowest BCUT2D eigenvalue weighted by atomic mass is 10.4. The van der Waals surface area contributed by atoms with E-state index < -0.39 is 23.6 Å². The Morgan fingerprint density at radius 1 is 1.57 bits per heavy atom. The Morgan fingerprint density at radius 2 is 2.14 bits per heavy atom. The number of alkyl halides is 3. The SMILES string of the molecule is CON=C(CSCC(F)(F)F)C(=O)O. The molecule has 4 nitrogen and oxygen atoms in total. The van der Waals surface area contributed by atoms with Crippen LogP contribution in [-0.2, 0) is 9.63 Å². The molecule has 0 aliphatic carbocycles. The maximum absolute atomic E-state index is 11.7. The molecule has 0 saturated carbocycles. The first-order chi connectivity index (χ1) is 6.37. The van der Waals surface area contributed by atoms with E-state index in [1.807, 2.05) is 0 Å². The number of hydrogen-bond acceptors (Lipinski definition) is 4. The minimum atomic E-state index is -4.30. The van der Waals surface area contributed by atoms with Crippen LogP contribution in [0, 0.1) is 0 Å². The zero-order valence-electron chi connectivity index (χ0n) is 7.17. The summed E-state index contributed by atoms with van der Waals surface area (Å²) in [6, 6.07) is 0. The highest BCUT2D eigenvalue weighted by molar-refractivity contribution is 8.00. The standard InChI is InChI=1S/C6H8F3NO3S/c1-13-10-4(5(11)12)2-14-3-6(7,8)9/h2-3H2,1H3,(H,11,12). The quantitative estimate of drug-likeness (QED) is 0.573. The van der Waals surface area contributed by atoms with E-state index >= 15 is 0 Å². The monoisotopic (exact) mass is 231 g/mol. The summed E-state index contributed by atoms with van der Waals surface area (Å²) >= 11 is 0.420. The highest BCUT2D eigenvalue weighted by Crippen LogP contribution is 2.20. The first-order valence-corrected chi connectivity index (χ1v) is 4.50. The summed E-state index contributed by atoms with van der Waals surface area (Å²) in [4.78, 5) is 14.5. The second-order valence-electron chi connectivity index (χ2n) is 2.13. The summed E-state index contributed by atoms with van der Waals surface area (Å²) in [5.74, 6) is -2.84. The molecule has 0 aliphatic rings. The van der Waals surface area contributed by atoms with Gasteiger partial charge in [-0.1, -0.05) is 5.16 Å². The fourth-order valence-electron chi connectivity index (χ4n) is 0.501. The van der Waals surface area contributed by atoms with Gasteiger partial charge in [-0.15, -0.1) is 11.8 Å². The van der Waals surface area contributed by atoms with E-state index in [0.717, 1.165) is 7.11 Å². The molecule has 14 heavy (non-hydrogen) atoms. The molecular formula is C6H8F3NO3S. The van der Waals surface area contributed by atoms with Crippen molar-refractivity contribution in [3.8, 4) is 0 Å². The molecule has 0 fully saturated rings. The van der Waals surface area contributed by atoms with Gasteiger partial charge in [0.25, 0.3) is 0 Å². The van der Waals surface area contributed by atoms with Gasteiger partial charge in [-0.25, -0.2) is 4.79 Å². The number of oxime groups is 1. The van der Waals surface area contributed by atoms with Gasteiger partial charge in [0.05, 0.1) is 5.75 Å². The summed E-state index contributed by atoms with van der Waals surface area (Å²) in [6.45, 7) is 0. The Bertz CT molecular complexity index is 229. The molecular weight excluding hydrogens is 223 g/mol. The number of carboxylic acids is 1. The molecule has 0 aromatic heterocycles. The average Bonchev–Trinajstić information content (AvgIpc) is 2.00. The molecule has 0 amide bonds. The Kier molecular flexibility index (Phi) is 5.36. The van der Waals surface area contributed by atoms with Crippen LogP contribution in [0.4, 0.5) is 13.2 Å². The molecule has 0 atom stereocenters. The van der Waals surface area contributed by atoms with Crippen molar-refractivity contribution < 1.29 is 27.9 Å². The fourth-order valence-corrected chi connectivity index (χ4v) is 1.20. The van der Waals surface area contributed by atoms with Gasteiger partial charge in [-0.3, -0.25) is 0 Å². The number of rotatable bonds is 5. The van der Waals surface area contributed by atoms with Crippen molar-refractivity contribution in [1.29, 1.82) is 0 Å². The fraction of sp³-hybridized carbons (Fsp3) is 0.667. The number of carbonyl (C=O) groups is 1. The van der Waals surface area contributed by atoms with E-state index in [1.165, 1.54) is 0 Å². The molecule has 0 spiro atoms. The largest absolute Gasteiger partial charge is 0.477 e. The zero-order valence-corrected chi connectivity index (χ0v) is 7.98. The Balaban J connectivity index is 3.97. The van der Waals surface area contributed by atoms with Gasteiger partial charge in [0.2, 0.25) is 0 Å². The Morgan fingerprint density at radius 3 is 2.50 bits per heavy atom. The second kappa shape index (κ2) is 5.74. The maximum Gasteiger partial charge on any atom is 0.397 e. The van der Waals surface area contributed by atoms with Crippen molar-refractivity contribution in [3.05, 3.63) is 0 Å². The van der Waals surface area contributed by atoms with Gasteiger partial charge in [0, 0.05) is 5.75 Å². The van der Waals surface area contributed by atoms with Gasteiger partial charge in [-0.2, -0.15) is 13.2 Å². The highest BCUT2D eigenvalue weighted by atomic mass is 32.2. The molecule has 0 aromatic carbocycles. The molecule has 82 valence electrons. The van der Waals surface area contributed by atoms with Gasteiger partial charge in [-0.05, 0) is 0 Å². The third-order valence-electron chi connectivity index (χ3n) is 0.953. The van der Waals surface area contributed by atoms with Crippen molar-refractivity contribution in [2.24, 2.45) is 5.16 Å². The first-order valence-electron chi connectivity index (χ1n) is 3.34. The smallest absolute Gasteiger partial charge is 0.397 e. The van der Waals surface area contributed by atoms with Gasteiger partial charge in [0.15, 0.2) is 5.71 Å². The molecule has 0 aliphatic heterocycles. The number of thioether (sulfide) groups is 1. The van der Waals surface area contributed by atoms with E-state index in [2.05, 4.69) is 9.99 Å². The lowest BCUT2D eigenvalue weighted by Crippen LogP contribution is -2.19. The van der Waals surface area contributed by atoms with E-state index in [4.69, 9.17) is 5.11 Å². The average molecular weight is 231 g/mol. The third kappa shape index (κ3) is 6.58. The van der Waals surface area contributed by atoms with Crippen LogP contribution < -0.4 is 0 Å². The van der Waals surface area contributed by atoms with E-state index in [-0.39, 0.29) is 5.75 Å². The van der Waals surface area contributed by atoms with Crippen LogP contribution in [0.1, 0.15) is 0 Å². The molecule has 0 saturated heterocycles. The molecule has 0 heterocycles. The van der Waals surface area contributed by atoms with Crippen molar-refractivity contribution in [3.63, 3.8) is 0 Å². The number of halogens is 3. The van der Waals surface area contributed by atoms with Crippen LogP contribution in [-0.4, -0.2) is 41.6 Å². The van der Waals surface area contributed by atoms with E-state index in [9.17, 15) is 18.0 Å². The van der Waals surface area contributed by atoms with Crippen molar-refractivity contribution in [1.82, 2.24) is 0 Å². The molecule has 1 N–H and O–H groups in total. The summed E-state index contributed by atoms with van der Waals surface area (Å²) in [7, 11) is 1.12. The van der Waals surface area contributed by atoms with Crippen LogP contribution in [0.25, 0.3) is 0 Å². The van der Waals surface area contributed by atoms with Crippen LogP contribution in [0.3, 0.4) is 0 Å². The predicted molar refractivity (Wildman–Crippen MR) is 45.5 cm³/mol. The number of aliphatic carboxylic acids is 1. The van der Waals surface area contributed by atoms with Gasteiger partial charge >= 0.3 is 12.1 Å². The number of nitrogens with zero attached hydrogens (tertiary/aromatic N) is 1. The molecule has 8 heteroatoms. The molecule has 0 aromatic rings. The lowest BCUT2D eigenvalue weighted by Gasteiger charge is -2.04. The lowest BCUT2D eigenvalue weighted by molar-refractivity contribution is -0.129. The maximum atomic E-state index is 11.7. The zero-order chi connectivity index (χ0) is 11.2. The van der Waals surface area contributed by atoms with Crippen LogP contribution in [0.5, 0.6) is 0 Å². The minimum absolute atomic E-state index is 0.345. The van der Waals surface area contributed by atoms with Crippen LogP contribution in [0.2, 0.25) is 0 Å². The number of hydrogen-bond donors (Lipinski definition) is 1. The summed E-state index contributed by atoms with van der Waals surface area (Å²) in [6.07, 6.45) is -4.30. The van der Waals surface area contributed by atoms with Crippen molar-refractivity contribution in [2.45, 2.75) is 6.18 Å². The topological polar surface area (TPSA) is 58.9 Å². The molecule has 0 unspecified atom stereocenters. The summed E-state index contributed by atoms with van der Waals surface area (Å²) in [5, 5.41) is 11.5. The second-order valence-corrected chi connectivity index (χ2v) is 3.12.